The number of carbonyl (C=O) groups excluding carboxylic acids is 1. The number of benzene rings is 3. The fourth-order valence-corrected chi connectivity index (χ4v) is 4.69. The summed E-state index contributed by atoms with van der Waals surface area (Å²) in [5, 5.41) is 14.7. The smallest absolute Gasteiger partial charge is 0.234 e. The summed E-state index contributed by atoms with van der Waals surface area (Å²) < 4.78 is 8.10. The number of carbonyl (C=O) groups is 1. The first-order valence-electron chi connectivity index (χ1n) is 11.0. The number of aryl methyl sites for hydroxylation is 3. The molecule has 0 fully saturated rings. The van der Waals surface area contributed by atoms with Crippen molar-refractivity contribution in [3.05, 3.63) is 77.1 Å². The highest BCUT2D eigenvalue weighted by molar-refractivity contribution is 7.99. The average Bonchev–Trinajstić information content (AvgIpc) is 3.21. The van der Waals surface area contributed by atoms with Gasteiger partial charge in [-0.25, -0.2) is 0 Å². The van der Waals surface area contributed by atoms with Gasteiger partial charge in [-0.1, -0.05) is 60.3 Å². The zero-order valence-electron chi connectivity index (χ0n) is 19.4. The first-order valence-corrected chi connectivity index (χ1v) is 12.0. The Morgan fingerprint density at radius 3 is 2.52 bits per heavy atom. The molecule has 0 saturated carbocycles. The largest absolute Gasteiger partial charge is 0.485 e. The highest BCUT2D eigenvalue weighted by Gasteiger charge is 2.15. The molecule has 0 spiro atoms. The van der Waals surface area contributed by atoms with Crippen LogP contribution < -0.4 is 10.1 Å². The van der Waals surface area contributed by atoms with E-state index in [1.165, 1.54) is 22.5 Å². The van der Waals surface area contributed by atoms with Crippen LogP contribution in [0.3, 0.4) is 0 Å². The molecule has 7 heteroatoms. The highest BCUT2D eigenvalue weighted by atomic mass is 32.2. The summed E-state index contributed by atoms with van der Waals surface area (Å²) in [6, 6.07) is 18.3. The number of nitrogens with one attached hydrogen (secondary N) is 1. The lowest BCUT2D eigenvalue weighted by Gasteiger charge is -2.13. The molecule has 0 atom stereocenters. The third-order valence-corrected chi connectivity index (χ3v) is 6.66. The van der Waals surface area contributed by atoms with Crippen LogP contribution in [0.5, 0.6) is 5.75 Å². The number of rotatable bonds is 8. The SMILES string of the molecule is CCn1c(COc2ccc3ccccc3c2C)nnc1SCC(=O)Nc1c(C)cccc1C. The van der Waals surface area contributed by atoms with E-state index >= 15 is 0 Å². The van der Waals surface area contributed by atoms with Crippen LogP contribution in [0.15, 0.2) is 59.8 Å². The third kappa shape index (κ3) is 5.03. The van der Waals surface area contributed by atoms with E-state index in [0.717, 1.165) is 34.0 Å². The molecule has 0 aliphatic carbocycles. The molecule has 0 unspecified atom stereocenters. The molecule has 1 aromatic heterocycles. The Labute approximate surface area is 198 Å². The standard InChI is InChI=1S/C26H28N4O2S/c1-5-30-23(15-32-22-14-13-20-11-6-7-12-21(20)19(22)4)28-29-26(30)33-16-24(31)27-25-17(2)9-8-10-18(25)3/h6-14H,5,15-16H2,1-4H3,(H,27,31). The third-order valence-electron chi connectivity index (χ3n) is 5.69. The van der Waals surface area contributed by atoms with Gasteiger partial charge in [-0.2, -0.15) is 0 Å². The second kappa shape index (κ2) is 10.1. The molecule has 0 radical (unpaired) electrons. The van der Waals surface area contributed by atoms with Gasteiger partial charge in [0.1, 0.15) is 12.4 Å². The number of para-hydroxylation sites is 1. The van der Waals surface area contributed by atoms with Gasteiger partial charge in [0.25, 0.3) is 0 Å². The van der Waals surface area contributed by atoms with E-state index in [9.17, 15) is 4.79 Å². The minimum absolute atomic E-state index is 0.0624. The Kier molecular flexibility index (Phi) is 6.99. The molecular weight excluding hydrogens is 432 g/mol. The Balaban J connectivity index is 1.41. The van der Waals surface area contributed by atoms with Crippen molar-refractivity contribution in [2.75, 3.05) is 11.1 Å². The number of ether oxygens (including phenoxy) is 1. The Morgan fingerprint density at radius 1 is 1.00 bits per heavy atom. The fraction of sp³-hybridized carbons (Fsp3) is 0.269. The van der Waals surface area contributed by atoms with Crippen LogP contribution in [-0.4, -0.2) is 26.4 Å². The van der Waals surface area contributed by atoms with E-state index in [1.807, 2.05) is 61.7 Å². The number of fused-ring (bicyclic) bond motifs is 1. The second-order valence-corrected chi connectivity index (χ2v) is 8.89. The van der Waals surface area contributed by atoms with Crippen LogP contribution >= 0.6 is 11.8 Å². The molecule has 0 bridgehead atoms. The molecule has 0 aliphatic heterocycles. The lowest BCUT2D eigenvalue weighted by atomic mass is 10.0. The zero-order chi connectivity index (χ0) is 23.4. The van der Waals surface area contributed by atoms with Gasteiger partial charge < -0.3 is 14.6 Å². The van der Waals surface area contributed by atoms with E-state index in [0.29, 0.717) is 18.3 Å². The molecule has 1 heterocycles. The molecule has 1 N–H and O–H groups in total. The molecule has 4 aromatic rings. The van der Waals surface area contributed by atoms with Crippen molar-refractivity contribution >= 4 is 34.1 Å². The van der Waals surface area contributed by atoms with Crippen molar-refractivity contribution < 1.29 is 9.53 Å². The van der Waals surface area contributed by atoms with Crippen LogP contribution in [0, 0.1) is 20.8 Å². The monoisotopic (exact) mass is 460 g/mol. The molecular formula is C26H28N4O2S. The van der Waals surface area contributed by atoms with E-state index in [-0.39, 0.29) is 11.7 Å². The quantitative estimate of drug-likeness (QED) is 0.342. The summed E-state index contributed by atoms with van der Waals surface area (Å²) in [5.41, 5.74) is 4.08. The van der Waals surface area contributed by atoms with Gasteiger partial charge in [-0.3, -0.25) is 4.79 Å². The van der Waals surface area contributed by atoms with Crippen LogP contribution in [-0.2, 0) is 17.9 Å². The summed E-state index contributed by atoms with van der Waals surface area (Å²) in [6.07, 6.45) is 0. The van der Waals surface area contributed by atoms with Gasteiger partial charge in [-0.15, -0.1) is 10.2 Å². The van der Waals surface area contributed by atoms with Crippen molar-refractivity contribution in [1.82, 2.24) is 14.8 Å². The summed E-state index contributed by atoms with van der Waals surface area (Å²) in [4.78, 5) is 12.5. The molecule has 0 saturated heterocycles. The van der Waals surface area contributed by atoms with Gasteiger partial charge in [-0.05, 0) is 61.2 Å². The predicted octanol–water partition coefficient (Wildman–Crippen LogP) is 5.69. The molecule has 6 nitrogen and oxygen atoms in total. The number of nitrogens with zero attached hydrogens (tertiary/aromatic N) is 3. The first-order chi connectivity index (χ1) is 16.0. The van der Waals surface area contributed by atoms with E-state index in [1.54, 1.807) is 0 Å². The summed E-state index contributed by atoms with van der Waals surface area (Å²) >= 11 is 1.38. The number of hydrogen-bond donors (Lipinski definition) is 1. The summed E-state index contributed by atoms with van der Waals surface area (Å²) in [5.74, 6) is 1.77. The van der Waals surface area contributed by atoms with E-state index < -0.39 is 0 Å². The predicted molar refractivity (Wildman–Crippen MR) is 134 cm³/mol. The van der Waals surface area contributed by atoms with Crippen molar-refractivity contribution in [3.8, 4) is 5.75 Å². The number of anilines is 1. The zero-order valence-corrected chi connectivity index (χ0v) is 20.2. The van der Waals surface area contributed by atoms with Gasteiger partial charge in [0.2, 0.25) is 5.91 Å². The number of amides is 1. The van der Waals surface area contributed by atoms with Crippen molar-refractivity contribution in [1.29, 1.82) is 0 Å². The maximum Gasteiger partial charge on any atom is 0.234 e. The number of thioether (sulfide) groups is 1. The van der Waals surface area contributed by atoms with Crippen molar-refractivity contribution in [3.63, 3.8) is 0 Å². The lowest BCUT2D eigenvalue weighted by molar-refractivity contribution is -0.113. The summed E-state index contributed by atoms with van der Waals surface area (Å²) in [7, 11) is 0. The maximum absolute atomic E-state index is 12.5. The van der Waals surface area contributed by atoms with Gasteiger partial charge in [0.15, 0.2) is 11.0 Å². The van der Waals surface area contributed by atoms with Gasteiger partial charge in [0, 0.05) is 12.2 Å². The Bertz CT molecular complexity index is 1280. The van der Waals surface area contributed by atoms with Gasteiger partial charge >= 0.3 is 0 Å². The Morgan fingerprint density at radius 2 is 1.76 bits per heavy atom. The van der Waals surface area contributed by atoms with Crippen molar-refractivity contribution in [2.24, 2.45) is 0 Å². The highest BCUT2D eigenvalue weighted by Crippen LogP contribution is 2.28. The maximum atomic E-state index is 12.5. The van der Waals surface area contributed by atoms with Crippen LogP contribution in [0.1, 0.15) is 29.4 Å². The fourth-order valence-electron chi connectivity index (χ4n) is 3.87. The van der Waals surface area contributed by atoms with Crippen LogP contribution in [0.4, 0.5) is 5.69 Å². The normalized spacial score (nSPS) is 11.0. The molecule has 33 heavy (non-hydrogen) atoms. The topological polar surface area (TPSA) is 69.0 Å². The molecule has 1 amide bonds. The first kappa shape index (κ1) is 22.9. The number of aromatic nitrogens is 3. The van der Waals surface area contributed by atoms with Crippen molar-refractivity contribution in [2.45, 2.75) is 46.0 Å². The lowest BCUT2D eigenvalue weighted by Crippen LogP contribution is -2.16. The molecule has 4 rings (SSSR count). The van der Waals surface area contributed by atoms with Crippen LogP contribution in [0.25, 0.3) is 10.8 Å². The van der Waals surface area contributed by atoms with Crippen LogP contribution in [0.2, 0.25) is 0 Å². The minimum atomic E-state index is -0.0624. The minimum Gasteiger partial charge on any atom is -0.485 e. The van der Waals surface area contributed by atoms with Gasteiger partial charge in [0.05, 0.1) is 5.75 Å². The molecule has 3 aromatic carbocycles. The average molecular weight is 461 g/mol. The molecule has 0 aliphatic rings. The second-order valence-electron chi connectivity index (χ2n) is 7.95. The summed E-state index contributed by atoms with van der Waals surface area (Å²) in [6.45, 7) is 9.10. The molecule has 170 valence electrons. The number of hydrogen-bond acceptors (Lipinski definition) is 5. The van der Waals surface area contributed by atoms with E-state index in [2.05, 4.69) is 40.6 Å². The van der Waals surface area contributed by atoms with E-state index in [4.69, 9.17) is 4.74 Å². The Hall–Kier alpha value is -3.32.